The molecule has 2 rings (SSSR count). The van der Waals surface area contributed by atoms with Crippen molar-refractivity contribution in [3.63, 3.8) is 0 Å². The molecule has 0 saturated carbocycles. The monoisotopic (exact) mass is 260 g/mol. The summed E-state index contributed by atoms with van der Waals surface area (Å²) < 4.78 is 18.6. The van der Waals surface area contributed by atoms with Crippen LogP contribution in [0.2, 0.25) is 0 Å². The molecular formula is C15H17FN2O. The molecule has 100 valence electrons. The minimum Gasteiger partial charge on any atom is -0.487 e. The Morgan fingerprint density at radius 2 is 2.11 bits per heavy atom. The summed E-state index contributed by atoms with van der Waals surface area (Å²) >= 11 is 0. The van der Waals surface area contributed by atoms with Crippen molar-refractivity contribution in [1.29, 1.82) is 0 Å². The van der Waals surface area contributed by atoms with Crippen molar-refractivity contribution in [2.75, 3.05) is 6.54 Å². The van der Waals surface area contributed by atoms with Crippen LogP contribution >= 0.6 is 0 Å². The number of nitrogens with zero attached hydrogens (tertiary/aromatic N) is 1. The van der Waals surface area contributed by atoms with Crippen molar-refractivity contribution < 1.29 is 9.13 Å². The second-order valence-electron chi connectivity index (χ2n) is 4.38. The van der Waals surface area contributed by atoms with Gasteiger partial charge in [-0.2, -0.15) is 0 Å². The first-order chi connectivity index (χ1) is 9.19. The summed E-state index contributed by atoms with van der Waals surface area (Å²) in [4.78, 5) is 4.25. The summed E-state index contributed by atoms with van der Waals surface area (Å²) in [5.74, 6) is 0.471. The molecule has 4 heteroatoms. The van der Waals surface area contributed by atoms with E-state index in [1.165, 1.54) is 12.1 Å². The zero-order valence-electron chi connectivity index (χ0n) is 10.9. The number of aromatic nitrogens is 1. The van der Waals surface area contributed by atoms with Gasteiger partial charge in [0.2, 0.25) is 0 Å². The van der Waals surface area contributed by atoms with Crippen LogP contribution in [0, 0.1) is 12.7 Å². The van der Waals surface area contributed by atoms with Gasteiger partial charge in [0.1, 0.15) is 18.2 Å². The van der Waals surface area contributed by atoms with Gasteiger partial charge in [0.05, 0.1) is 6.20 Å². The van der Waals surface area contributed by atoms with Crippen molar-refractivity contribution in [2.45, 2.75) is 20.0 Å². The Morgan fingerprint density at radius 1 is 1.26 bits per heavy atom. The van der Waals surface area contributed by atoms with Crippen molar-refractivity contribution >= 4 is 0 Å². The molecule has 0 spiro atoms. The van der Waals surface area contributed by atoms with Crippen LogP contribution in [0.3, 0.4) is 0 Å². The Kier molecular flexibility index (Phi) is 4.47. The highest BCUT2D eigenvalue weighted by atomic mass is 19.1. The van der Waals surface area contributed by atoms with Gasteiger partial charge in [0.15, 0.2) is 0 Å². The van der Waals surface area contributed by atoms with Crippen LogP contribution in [0.15, 0.2) is 36.5 Å². The van der Waals surface area contributed by atoms with Crippen LogP contribution in [-0.4, -0.2) is 11.5 Å². The molecule has 2 aromatic rings. The summed E-state index contributed by atoms with van der Waals surface area (Å²) in [6, 6.07) is 8.45. The largest absolute Gasteiger partial charge is 0.487 e. The van der Waals surface area contributed by atoms with Gasteiger partial charge in [0.25, 0.3) is 0 Å². The Hall–Kier alpha value is -1.94. The second kappa shape index (κ2) is 6.29. The fraction of sp³-hybridized carbons (Fsp3) is 0.267. The predicted molar refractivity (Wildman–Crippen MR) is 72.5 cm³/mol. The highest BCUT2D eigenvalue weighted by Crippen LogP contribution is 2.15. The van der Waals surface area contributed by atoms with Crippen molar-refractivity contribution in [2.24, 2.45) is 5.73 Å². The van der Waals surface area contributed by atoms with Gasteiger partial charge in [-0.1, -0.05) is 6.07 Å². The van der Waals surface area contributed by atoms with Gasteiger partial charge in [-0.15, -0.1) is 0 Å². The van der Waals surface area contributed by atoms with E-state index in [1.807, 2.05) is 19.1 Å². The standard InChI is InChI=1S/C15H17FN2O/c1-11-8-13(16)3-2-12(11)10-19-15-5-4-14(6-7-17)18-9-15/h2-5,8-9H,6-7,10,17H2,1H3. The Bertz CT molecular complexity index is 540. The van der Waals surface area contributed by atoms with Crippen LogP contribution in [0.5, 0.6) is 5.75 Å². The number of aryl methyl sites for hydroxylation is 1. The van der Waals surface area contributed by atoms with Gasteiger partial charge < -0.3 is 10.5 Å². The van der Waals surface area contributed by atoms with Crippen LogP contribution < -0.4 is 10.5 Å². The van der Waals surface area contributed by atoms with E-state index < -0.39 is 0 Å². The third kappa shape index (κ3) is 3.76. The molecule has 0 aliphatic heterocycles. The third-order valence-corrected chi connectivity index (χ3v) is 2.90. The molecule has 1 heterocycles. The number of rotatable bonds is 5. The van der Waals surface area contributed by atoms with E-state index in [4.69, 9.17) is 10.5 Å². The maximum Gasteiger partial charge on any atom is 0.138 e. The Balaban J connectivity index is 1.98. The molecule has 3 nitrogen and oxygen atoms in total. The number of pyridine rings is 1. The number of ether oxygens (including phenoxy) is 1. The van der Waals surface area contributed by atoms with Gasteiger partial charge in [-0.3, -0.25) is 4.98 Å². The highest BCUT2D eigenvalue weighted by Gasteiger charge is 2.02. The molecule has 1 aromatic heterocycles. The molecule has 0 atom stereocenters. The lowest BCUT2D eigenvalue weighted by Gasteiger charge is -2.09. The summed E-state index contributed by atoms with van der Waals surface area (Å²) in [6.45, 7) is 2.86. The quantitative estimate of drug-likeness (QED) is 0.899. The molecule has 19 heavy (non-hydrogen) atoms. The van der Waals surface area contributed by atoms with Crippen LogP contribution in [-0.2, 0) is 13.0 Å². The van der Waals surface area contributed by atoms with Crippen molar-refractivity contribution in [3.05, 3.63) is 59.2 Å². The maximum absolute atomic E-state index is 13.0. The zero-order valence-corrected chi connectivity index (χ0v) is 10.9. The Labute approximate surface area is 112 Å². The van der Waals surface area contributed by atoms with E-state index in [0.29, 0.717) is 18.9 Å². The fourth-order valence-corrected chi connectivity index (χ4v) is 1.77. The molecule has 0 saturated heterocycles. The molecule has 0 bridgehead atoms. The van der Waals surface area contributed by atoms with E-state index >= 15 is 0 Å². The molecule has 0 aliphatic rings. The van der Waals surface area contributed by atoms with Gasteiger partial charge >= 0.3 is 0 Å². The first kappa shape index (κ1) is 13.5. The first-order valence-corrected chi connectivity index (χ1v) is 6.22. The average Bonchev–Trinajstić information content (AvgIpc) is 2.40. The molecule has 0 aliphatic carbocycles. The smallest absolute Gasteiger partial charge is 0.138 e. The molecule has 0 fully saturated rings. The molecule has 0 amide bonds. The lowest BCUT2D eigenvalue weighted by molar-refractivity contribution is 0.304. The zero-order chi connectivity index (χ0) is 13.7. The molecular weight excluding hydrogens is 243 g/mol. The lowest BCUT2D eigenvalue weighted by atomic mass is 10.1. The van der Waals surface area contributed by atoms with E-state index in [1.54, 1.807) is 12.3 Å². The second-order valence-corrected chi connectivity index (χ2v) is 4.38. The molecule has 0 unspecified atom stereocenters. The van der Waals surface area contributed by atoms with Gasteiger partial charge in [-0.05, 0) is 48.9 Å². The fourth-order valence-electron chi connectivity index (χ4n) is 1.77. The normalized spacial score (nSPS) is 10.5. The first-order valence-electron chi connectivity index (χ1n) is 6.22. The number of halogens is 1. The minimum absolute atomic E-state index is 0.228. The average molecular weight is 260 g/mol. The van der Waals surface area contributed by atoms with Crippen LogP contribution in [0.1, 0.15) is 16.8 Å². The van der Waals surface area contributed by atoms with Crippen molar-refractivity contribution in [3.8, 4) is 5.75 Å². The number of nitrogens with two attached hydrogens (primary N) is 1. The van der Waals surface area contributed by atoms with Gasteiger partial charge in [0, 0.05) is 12.1 Å². The molecule has 0 radical (unpaired) electrons. The van der Waals surface area contributed by atoms with E-state index in [9.17, 15) is 4.39 Å². The van der Waals surface area contributed by atoms with E-state index in [0.717, 1.165) is 23.2 Å². The van der Waals surface area contributed by atoms with Gasteiger partial charge in [-0.25, -0.2) is 4.39 Å². The summed E-state index contributed by atoms with van der Waals surface area (Å²) in [5.41, 5.74) is 8.26. The predicted octanol–water partition coefficient (Wildman–Crippen LogP) is 2.61. The van der Waals surface area contributed by atoms with Crippen molar-refractivity contribution in [1.82, 2.24) is 4.98 Å². The summed E-state index contributed by atoms with van der Waals surface area (Å²) in [7, 11) is 0. The molecule has 1 aromatic carbocycles. The number of hydrogen-bond donors (Lipinski definition) is 1. The van der Waals surface area contributed by atoms with Crippen LogP contribution in [0.25, 0.3) is 0 Å². The minimum atomic E-state index is -0.228. The highest BCUT2D eigenvalue weighted by molar-refractivity contribution is 5.27. The van der Waals surface area contributed by atoms with Crippen LogP contribution in [0.4, 0.5) is 4.39 Å². The number of hydrogen-bond acceptors (Lipinski definition) is 3. The number of benzene rings is 1. The third-order valence-electron chi connectivity index (χ3n) is 2.90. The lowest BCUT2D eigenvalue weighted by Crippen LogP contribution is -2.04. The SMILES string of the molecule is Cc1cc(F)ccc1COc1ccc(CCN)nc1. The topological polar surface area (TPSA) is 48.1 Å². The Morgan fingerprint density at radius 3 is 2.74 bits per heavy atom. The van der Waals surface area contributed by atoms with E-state index in [-0.39, 0.29) is 5.82 Å². The van der Waals surface area contributed by atoms with E-state index in [2.05, 4.69) is 4.98 Å². The molecule has 2 N–H and O–H groups in total. The summed E-state index contributed by atoms with van der Waals surface area (Å²) in [5, 5.41) is 0. The summed E-state index contributed by atoms with van der Waals surface area (Å²) in [6.07, 6.45) is 2.45. The maximum atomic E-state index is 13.0.